The van der Waals surface area contributed by atoms with Crippen molar-refractivity contribution in [2.75, 3.05) is 0 Å². The first kappa shape index (κ1) is 12.0. The third kappa shape index (κ3) is 1.88. The van der Waals surface area contributed by atoms with E-state index >= 15 is 0 Å². The predicted molar refractivity (Wildman–Crippen MR) is 57.7 cm³/mol. The first-order chi connectivity index (χ1) is 8.40. The van der Waals surface area contributed by atoms with Crippen molar-refractivity contribution in [3.8, 4) is 0 Å². The van der Waals surface area contributed by atoms with Gasteiger partial charge in [0, 0.05) is 12.2 Å². The monoisotopic (exact) mass is 248 g/mol. The van der Waals surface area contributed by atoms with Crippen LogP contribution in [0.15, 0.2) is 34.8 Å². The van der Waals surface area contributed by atoms with Crippen molar-refractivity contribution in [3.05, 3.63) is 34.8 Å². The Morgan fingerprint density at radius 1 is 0.722 bits per heavy atom. The molecular weight excluding hydrogens is 240 g/mol. The molecule has 0 atom stereocenters. The van der Waals surface area contributed by atoms with E-state index in [2.05, 4.69) is 0 Å². The Hall–Kier alpha value is -2.50. The Bertz CT molecular complexity index is 536. The molecule has 0 fully saturated rings. The smallest absolute Gasteiger partial charge is 0.175 e. The van der Waals surface area contributed by atoms with Crippen LogP contribution in [0.2, 0.25) is 0 Å². The molecule has 0 heterocycles. The van der Waals surface area contributed by atoms with Gasteiger partial charge in [0.2, 0.25) is 0 Å². The van der Waals surface area contributed by atoms with Crippen molar-refractivity contribution in [2.45, 2.75) is 12.8 Å². The summed E-state index contributed by atoms with van der Waals surface area (Å²) in [6.07, 6.45) is 0.691. The summed E-state index contributed by atoms with van der Waals surface area (Å²) in [5, 5.41) is 19.1. The van der Waals surface area contributed by atoms with Crippen LogP contribution in [0.1, 0.15) is 12.8 Å². The highest BCUT2D eigenvalue weighted by molar-refractivity contribution is 6.24. The molecule has 0 saturated heterocycles. The van der Waals surface area contributed by atoms with Crippen molar-refractivity contribution in [2.24, 2.45) is 0 Å². The van der Waals surface area contributed by atoms with Crippen LogP contribution in [0, 0.1) is 0 Å². The second-order valence-electron chi connectivity index (χ2n) is 3.94. The Morgan fingerprint density at radius 3 is 1.33 bits per heavy atom. The molecule has 92 valence electrons. The number of allylic oxidation sites excluding steroid dienone is 4. The second kappa shape index (κ2) is 4.06. The number of ketones is 4. The van der Waals surface area contributed by atoms with Gasteiger partial charge in [-0.1, -0.05) is 0 Å². The quantitative estimate of drug-likeness (QED) is 0.470. The molecule has 0 radical (unpaired) electrons. The molecule has 0 aromatic heterocycles. The molecule has 2 rings (SSSR count). The fraction of sp³-hybridized carbons (Fsp3) is 0.167. The molecule has 6 heteroatoms. The minimum absolute atomic E-state index is 0.402. The molecule has 0 spiro atoms. The summed E-state index contributed by atoms with van der Waals surface area (Å²) in [5.74, 6) is -3.98. The van der Waals surface area contributed by atoms with Gasteiger partial charge in [-0.25, -0.2) is 0 Å². The maximum atomic E-state index is 11.6. The van der Waals surface area contributed by atoms with E-state index in [0.29, 0.717) is 0 Å². The molecule has 0 aromatic carbocycles. The van der Waals surface area contributed by atoms with Gasteiger partial charge in [0.25, 0.3) is 0 Å². The van der Waals surface area contributed by atoms with Crippen LogP contribution in [-0.2, 0) is 19.2 Å². The first-order valence-electron chi connectivity index (χ1n) is 5.08. The van der Waals surface area contributed by atoms with Crippen LogP contribution < -0.4 is 0 Å². The number of rotatable bonds is 0. The average molecular weight is 248 g/mol. The largest absolute Gasteiger partial charge is 0.507 e. The maximum absolute atomic E-state index is 11.6. The van der Waals surface area contributed by atoms with E-state index < -0.39 is 58.6 Å². The number of aliphatic hydroxyl groups excluding tert-OH is 2. The van der Waals surface area contributed by atoms with Crippen molar-refractivity contribution < 1.29 is 29.4 Å². The third-order valence-electron chi connectivity index (χ3n) is 2.58. The summed E-state index contributed by atoms with van der Waals surface area (Å²) in [4.78, 5) is 45.3. The van der Waals surface area contributed by atoms with E-state index in [1.807, 2.05) is 0 Å². The van der Waals surface area contributed by atoms with E-state index in [0.717, 1.165) is 12.2 Å². The van der Waals surface area contributed by atoms with Gasteiger partial charge in [0.15, 0.2) is 23.1 Å². The highest BCUT2D eigenvalue weighted by Crippen LogP contribution is 2.28. The van der Waals surface area contributed by atoms with Crippen molar-refractivity contribution in [3.63, 3.8) is 0 Å². The molecule has 2 aliphatic carbocycles. The first-order valence-corrected chi connectivity index (χ1v) is 5.08. The van der Waals surface area contributed by atoms with Gasteiger partial charge in [-0.05, 0) is 0 Å². The highest BCUT2D eigenvalue weighted by Gasteiger charge is 2.33. The molecule has 2 aliphatic rings. The number of Topliss-reactive ketones (excluding diaryl/α,β-unsaturated/α-hetero) is 2. The molecule has 2 N–H and O–H groups in total. The number of aliphatic hydroxyl groups is 2. The normalized spacial score (nSPS) is 25.1. The summed E-state index contributed by atoms with van der Waals surface area (Å²) in [7, 11) is 0. The Labute approximate surface area is 101 Å². The summed E-state index contributed by atoms with van der Waals surface area (Å²) in [6.45, 7) is 0. The lowest BCUT2D eigenvalue weighted by atomic mass is 9.86. The molecule has 0 aromatic rings. The van der Waals surface area contributed by atoms with E-state index in [1.165, 1.54) is 0 Å². The average Bonchev–Trinajstić information content (AvgIpc) is 2.20. The predicted octanol–water partition coefficient (Wildman–Crippen LogP) is 0.251. The molecule has 0 amide bonds. The molecular formula is C12H8O6. The van der Waals surface area contributed by atoms with E-state index in [4.69, 9.17) is 0 Å². The zero-order valence-electron chi connectivity index (χ0n) is 9.10. The van der Waals surface area contributed by atoms with Crippen LogP contribution >= 0.6 is 0 Å². The standard InChI is InChI=1S/C12H8O6/c13-5-1-7(15)11(8(16)2-5)12-9(17)3-6(14)4-10(12)18/h1,3,15,17H,2,4H2/b12-11+. The topological polar surface area (TPSA) is 109 Å². The highest BCUT2D eigenvalue weighted by atomic mass is 16.3. The number of hydrogen-bond donors (Lipinski definition) is 2. The van der Waals surface area contributed by atoms with Crippen LogP contribution in [0.25, 0.3) is 0 Å². The minimum atomic E-state index is -0.752. The number of hydrogen-bond acceptors (Lipinski definition) is 6. The van der Waals surface area contributed by atoms with Crippen LogP contribution in [0.3, 0.4) is 0 Å². The molecule has 6 nitrogen and oxygen atoms in total. The Kier molecular flexibility index (Phi) is 2.70. The van der Waals surface area contributed by atoms with Gasteiger partial charge < -0.3 is 10.2 Å². The van der Waals surface area contributed by atoms with Crippen molar-refractivity contribution in [1.29, 1.82) is 0 Å². The molecule has 18 heavy (non-hydrogen) atoms. The minimum Gasteiger partial charge on any atom is -0.507 e. The molecule has 0 unspecified atom stereocenters. The lowest BCUT2D eigenvalue weighted by Crippen LogP contribution is -2.25. The van der Waals surface area contributed by atoms with E-state index in [1.54, 1.807) is 0 Å². The van der Waals surface area contributed by atoms with Gasteiger partial charge in [-0.15, -0.1) is 0 Å². The van der Waals surface area contributed by atoms with E-state index in [-0.39, 0.29) is 0 Å². The molecule has 0 saturated carbocycles. The summed E-state index contributed by atoms with van der Waals surface area (Å²) < 4.78 is 0. The maximum Gasteiger partial charge on any atom is 0.175 e. The second-order valence-corrected chi connectivity index (χ2v) is 3.94. The Balaban J connectivity index is 2.67. The lowest BCUT2D eigenvalue weighted by Gasteiger charge is -2.17. The Morgan fingerprint density at radius 2 is 1.06 bits per heavy atom. The fourth-order valence-corrected chi connectivity index (χ4v) is 1.87. The van der Waals surface area contributed by atoms with Gasteiger partial charge >= 0.3 is 0 Å². The van der Waals surface area contributed by atoms with Gasteiger partial charge in [-0.3, -0.25) is 19.2 Å². The molecule has 0 aliphatic heterocycles. The van der Waals surface area contributed by atoms with Crippen LogP contribution in [-0.4, -0.2) is 33.3 Å². The van der Waals surface area contributed by atoms with Gasteiger partial charge in [0.05, 0.1) is 24.0 Å². The third-order valence-corrected chi connectivity index (χ3v) is 2.58. The van der Waals surface area contributed by atoms with Crippen LogP contribution in [0.4, 0.5) is 0 Å². The van der Waals surface area contributed by atoms with Crippen LogP contribution in [0.5, 0.6) is 0 Å². The number of carbonyl (C=O) groups excluding carboxylic acids is 4. The summed E-state index contributed by atoms with van der Waals surface area (Å²) in [5.41, 5.74) is -0.804. The molecule has 0 bridgehead atoms. The zero-order valence-corrected chi connectivity index (χ0v) is 9.10. The van der Waals surface area contributed by atoms with E-state index in [9.17, 15) is 29.4 Å². The van der Waals surface area contributed by atoms with Crippen molar-refractivity contribution >= 4 is 23.1 Å². The summed E-state index contributed by atoms with van der Waals surface area (Å²) >= 11 is 0. The van der Waals surface area contributed by atoms with Crippen molar-refractivity contribution in [1.82, 2.24) is 0 Å². The van der Waals surface area contributed by atoms with Gasteiger partial charge in [0.1, 0.15) is 11.5 Å². The fourth-order valence-electron chi connectivity index (χ4n) is 1.87. The zero-order chi connectivity index (χ0) is 13.4. The number of carbonyl (C=O) groups is 4. The lowest BCUT2D eigenvalue weighted by molar-refractivity contribution is -0.126. The SMILES string of the molecule is O=C1C=C(O)/C(=C2\C(=O)CC(=O)C=C2O)C(=O)C1. The summed E-state index contributed by atoms with van der Waals surface area (Å²) in [6, 6.07) is 0. The van der Waals surface area contributed by atoms with Gasteiger partial charge in [-0.2, -0.15) is 0 Å².